The molecule has 0 saturated carbocycles. The van der Waals surface area contributed by atoms with Gasteiger partial charge in [-0.1, -0.05) is 23.7 Å². The topological polar surface area (TPSA) is 71.1 Å². The van der Waals surface area contributed by atoms with Crippen LogP contribution in [-0.2, 0) is 24.5 Å². The van der Waals surface area contributed by atoms with Gasteiger partial charge in [0, 0.05) is 49.2 Å². The number of hydrogen-bond acceptors (Lipinski definition) is 5. The van der Waals surface area contributed by atoms with Gasteiger partial charge in [0.25, 0.3) is 0 Å². The van der Waals surface area contributed by atoms with E-state index in [1.165, 1.54) is 0 Å². The lowest BCUT2D eigenvalue weighted by atomic mass is 9.73. The Morgan fingerprint density at radius 3 is 2.21 bits per heavy atom. The molecular weight excluding hydrogens is 454 g/mol. The predicted octanol–water partition coefficient (Wildman–Crippen LogP) is 3.71. The van der Waals surface area contributed by atoms with Gasteiger partial charge in [0.05, 0.1) is 25.2 Å². The molecule has 2 aromatic carbocycles. The van der Waals surface area contributed by atoms with Gasteiger partial charge in [-0.3, -0.25) is 9.59 Å². The van der Waals surface area contributed by atoms with Crippen molar-refractivity contribution in [3.05, 3.63) is 59.1 Å². The first-order valence-electron chi connectivity index (χ1n) is 11.9. The molecular formula is C26H32ClN3O4. The Bertz CT molecular complexity index is 969. The second kappa shape index (κ2) is 11.2. The first-order chi connectivity index (χ1) is 16.5. The van der Waals surface area contributed by atoms with E-state index < -0.39 is 5.41 Å². The van der Waals surface area contributed by atoms with Crippen LogP contribution >= 0.6 is 11.6 Å². The molecule has 0 aliphatic carbocycles. The number of nitrogens with zero attached hydrogens (tertiary/aromatic N) is 2. The molecule has 0 radical (unpaired) electrons. The summed E-state index contributed by atoms with van der Waals surface area (Å²) in [6.45, 7) is 6.53. The fraction of sp³-hybridized carbons (Fsp3) is 0.462. The summed E-state index contributed by atoms with van der Waals surface area (Å²) in [7, 11) is 0. The first kappa shape index (κ1) is 24.5. The Morgan fingerprint density at radius 1 is 0.971 bits per heavy atom. The molecule has 0 spiro atoms. The minimum absolute atomic E-state index is 0.00323. The maximum Gasteiger partial charge on any atom is 0.243 e. The fourth-order valence-electron chi connectivity index (χ4n) is 4.70. The molecule has 34 heavy (non-hydrogen) atoms. The number of carbonyl (C=O) groups is 2. The maximum atomic E-state index is 13.8. The SMILES string of the molecule is CCN(CC(=O)Nc1ccc(N2CCOCC2)cc1)C(=O)C1(c2ccc(Cl)cc2)CCOCC1. The summed E-state index contributed by atoms with van der Waals surface area (Å²) in [4.78, 5) is 30.5. The number of hydrogen-bond donors (Lipinski definition) is 1. The fourth-order valence-corrected chi connectivity index (χ4v) is 4.82. The highest BCUT2D eigenvalue weighted by atomic mass is 35.5. The lowest BCUT2D eigenvalue weighted by molar-refractivity contribution is -0.143. The quantitative estimate of drug-likeness (QED) is 0.647. The van der Waals surface area contributed by atoms with E-state index in [9.17, 15) is 9.59 Å². The van der Waals surface area contributed by atoms with Crippen LogP contribution in [0, 0.1) is 0 Å². The lowest BCUT2D eigenvalue weighted by Gasteiger charge is -2.39. The summed E-state index contributed by atoms with van der Waals surface area (Å²) in [6, 6.07) is 15.2. The van der Waals surface area contributed by atoms with Gasteiger partial charge in [0.2, 0.25) is 11.8 Å². The van der Waals surface area contributed by atoms with Crippen molar-refractivity contribution in [1.29, 1.82) is 0 Å². The highest BCUT2D eigenvalue weighted by Gasteiger charge is 2.44. The van der Waals surface area contributed by atoms with E-state index in [0.717, 1.165) is 37.6 Å². The number of carbonyl (C=O) groups excluding carboxylic acids is 2. The van der Waals surface area contributed by atoms with Crippen molar-refractivity contribution < 1.29 is 19.1 Å². The highest BCUT2D eigenvalue weighted by molar-refractivity contribution is 6.30. The highest BCUT2D eigenvalue weighted by Crippen LogP contribution is 2.37. The van der Waals surface area contributed by atoms with Gasteiger partial charge in [-0.2, -0.15) is 0 Å². The number of benzene rings is 2. The molecule has 2 heterocycles. The average molecular weight is 486 g/mol. The molecule has 7 nitrogen and oxygen atoms in total. The minimum Gasteiger partial charge on any atom is -0.381 e. The van der Waals surface area contributed by atoms with Crippen LogP contribution in [0.3, 0.4) is 0 Å². The average Bonchev–Trinajstić information content (AvgIpc) is 2.88. The predicted molar refractivity (Wildman–Crippen MR) is 134 cm³/mol. The third-order valence-corrected chi connectivity index (χ3v) is 6.94. The van der Waals surface area contributed by atoms with Gasteiger partial charge in [-0.05, 0) is 61.7 Å². The Kier molecular flexibility index (Phi) is 8.08. The van der Waals surface area contributed by atoms with Gasteiger partial charge >= 0.3 is 0 Å². The summed E-state index contributed by atoms with van der Waals surface area (Å²) in [5, 5.41) is 3.57. The summed E-state index contributed by atoms with van der Waals surface area (Å²) in [5.41, 5.74) is 2.03. The van der Waals surface area contributed by atoms with Crippen molar-refractivity contribution in [2.75, 3.05) is 62.8 Å². The first-order valence-corrected chi connectivity index (χ1v) is 12.3. The molecule has 182 valence electrons. The number of nitrogens with one attached hydrogen (secondary N) is 1. The standard InChI is InChI=1S/C26H32ClN3O4/c1-2-29(25(32)26(11-15-33-16-12-26)20-3-5-21(27)6-4-20)19-24(31)28-22-7-9-23(10-8-22)30-13-17-34-18-14-30/h3-10H,2,11-19H2,1H3,(H,28,31). The third kappa shape index (κ3) is 5.54. The number of halogens is 1. The van der Waals surface area contributed by atoms with Crippen LogP contribution in [0.1, 0.15) is 25.3 Å². The van der Waals surface area contributed by atoms with E-state index in [-0.39, 0.29) is 18.4 Å². The van der Waals surface area contributed by atoms with Gasteiger partial charge in [-0.15, -0.1) is 0 Å². The van der Waals surface area contributed by atoms with Crippen molar-refractivity contribution in [2.24, 2.45) is 0 Å². The van der Waals surface area contributed by atoms with Crippen molar-refractivity contribution in [3.8, 4) is 0 Å². The zero-order valence-corrected chi connectivity index (χ0v) is 20.4. The van der Waals surface area contributed by atoms with Crippen LogP contribution < -0.4 is 10.2 Å². The monoisotopic (exact) mass is 485 g/mol. The Labute approximate surface area is 206 Å². The molecule has 2 amide bonds. The zero-order valence-electron chi connectivity index (χ0n) is 19.6. The number of anilines is 2. The molecule has 2 fully saturated rings. The van der Waals surface area contributed by atoms with Crippen molar-refractivity contribution in [3.63, 3.8) is 0 Å². The van der Waals surface area contributed by atoms with Crippen LogP contribution in [-0.4, -0.2) is 69.3 Å². The molecule has 8 heteroatoms. The Hall–Kier alpha value is -2.61. The van der Waals surface area contributed by atoms with E-state index in [1.54, 1.807) is 4.90 Å². The molecule has 2 saturated heterocycles. The van der Waals surface area contributed by atoms with E-state index in [1.807, 2.05) is 55.5 Å². The Morgan fingerprint density at radius 2 is 1.59 bits per heavy atom. The van der Waals surface area contributed by atoms with E-state index >= 15 is 0 Å². The van der Waals surface area contributed by atoms with Crippen LogP contribution in [0.15, 0.2) is 48.5 Å². The number of ether oxygens (including phenoxy) is 2. The zero-order chi connectivity index (χ0) is 24.0. The van der Waals surface area contributed by atoms with Crippen LogP contribution in [0.5, 0.6) is 0 Å². The molecule has 0 atom stereocenters. The summed E-state index contributed by atoms with van der Waals surface area (Å²) in [6.07, 6.45) is 1.16. The largest absolute Gasteiger partial charge is 0.381 e. The minimum atomic E-state index is -0.709. The van der Waals surface area contributed by atoms with Crippen molar-refractivity contribution >= 4 is 34.8 Å². The van der Waals surface area contributed by atoms with Gasteiger partial charge in [-0.25, -0.2) is 0 Å². The molecule has 2 aliphatic rings. The molecule has 0 unspecified atom stereocenters. The molecule has 1 N–H and O–H groups in total. The van der Waals surface area contributed by atoms with E-state index in [2.05, 4.69) is 10.2 Å². The third-order valence-electron chi connectivity index (χ3n) is 6.68. The van der Waals surface area contributed by atoms with E-state index in [0.29, 0.717) is 43.3 Å². The molecule has 0 bridgehead atoms. The maximum absolute atomic E-state index is 13.8. The second-order valence-electron chi connectivity index (χ2n) is 8.72. The van der Waals surface area contributed by atoms with Gasteiger partial charge < -0.3 is 24.6 Å². The van der Waals surface area contributed by atoms with Crippen LogP contribution in [0.2, 0.25) is 5.02 Å². The number of likely N-dealkylation sites (N-methyl/N-ethyl adjacent to an activating group) is 1. The number of rotatable bonds is 7. The second-order valence-corrected chi connectivity index (χ2v) is 9.15. The van der Waals surface area contributed by atoms with Crippen molar-refractivity contribution in [1.82, 2.24) is 4.90 Å². The summed E-state index contributed by atoms with van der Waals surface area (Å²) < 4.78 is 11.0. The van der Waals surface area contributed by atoms with Gasteiger partial charge in [0.15, 0.2) is 0 Å². The molecule has 4 rings (SSSR count). The summed E-state index contributed by atoms with van der Waals surface area (Å²) >= 11 is 6.08. The normalized spacial score (nSPS) is 17.8. The molecule has 0 aromatic heterocycles. The summed E-state index contributed by atoms with van der Waals surface area (Å²) in [5.74, 6) is -0.258. The van der Waals surface area contributed by atoms with Crippen molar-refractivity contribution in [2.45, 2.75) is 25.2 Å². The number of amides is 2. The smallest absolute Gasteiger partial charge is 0.243 e. The van der Waals surface area contributed by atoms with Crippen LogP contribution in [0.4, 0.5) is 11.4 Å². The molecule has 2 aliphatic heterocycles. The van der Waals surface area contributed by atoms with Gasteiger partial charge in [0.1, 0.15) is 0 Å². The van der Waals surface area contributed by atoms with Crippen LogP contribution in [0.25, 0.3) is 0 Å². The molecule has 2 aromatic rings. The Balaban J connectivity index is 1.43. The number of morpholine rings is 1. The lowest BCUT2D eigenvalue weighted by Crippen LogP contribution is -2.51. The van der Waals surface area contributed by atoms with E-state index in [4.69, 9.17) is 21.1 Å².